The molecule has 4 rings (SSSR count). The lowest BCUT2D eigenvalue weighted by Crippen LogP contribution is -2.37. The van der Waals surface area contributed by atoms with Crippen LogP contribution in [0.3, 0.4) is 0 Å². The Balaban J connectivity index is 1.47. The monoisotopic (exact) mass is 350 g/mol. The van der Waals surface area contributed by atoms with E-state index in [-0.39, 0.29) is 12.8 Å². The fourth-order valence-corrected chi connectivity index (χ4v) is 2.98. The summed E-state index contributed by atoms with van der Waals surface area (Å²) >= 11 is 0. The number of nitrogens with one attached hydrogen (secondary N) is 2. The second-order valence-electron chi connectivity index (χ2n) is 6.23. The van der Waals surface area contributed by atoms with Crippen molar-refractivity contribution in [3.05, 3.63) is 80.1 Å². The van der Waals surface area contributed by atoms with E-state index in [0.29, 0.717) is 29.4 Å². The van der Waals surface area contributed by atoms with Gasteiger partial charge in [0.1, 0.15) is 11.4 Å². The molecule has 1 heterocycles. The predicted octanol–water partition coefficient (Wildman–Crippen LogP) is 2.80. The largest absolute Gasteiger partial charge is 0.454 e. The van der Waals surface area contributed by atoms with Gasteiger partial charge in [-0.1, -0.05) is 36.4 Å². The standard InChI is InChI=1S/C20H18N2O4/c1-12(14-5-3-2-4-6-14)22-18-17(19(23)20(18)24)21-10-13-7-8-15-16(9-13)26-11-25-15/h2-9,12,21-22H,10-11H2,1H3/t12-/m1/s1. The highest BCUT2D eigenvalue weighted by Crippen LogP contribution is 2.32. The zero-order valence-electron chi connectivity index (χ0n) is 14.2. The number of fused-ring (bicyclic) bond motifs is 1. The Kier molecular flexibility index (Phi) is 4.08. The molecule has 0 radical (unpaired) electrons. The topological polar surface area (TPSA) is 76.7 Å². The first-order chi connectivity index (χ1) is 12.6. The lowest BCUT2D eigenvalue weighted by Gasteiger charge is -2.20. The van der Waals surface area contributed by atoms with Crippen molar-refractivity contribution in [3.63, 3.8) is 0 Å². The van der Waals surface area contributed by atoms with Crippen molar-refractivity contribution >= 4 is 11.4 Å². The lowest BCUT2D eigenvalue weighted by atomic mass is 10.1. The highest BCUT2D eigenvalue weighted by atomic mass is 16.7. The highest BCUT2D eigenvalue weighted by Gasteiger charge is 2.22. The fourth-order valence-electron chi connectivity index (χ4n) is 2.98. The first kappa shape index (κ1) is 16.2. The van der Waals surface area contributed by atoms with Gasteiger partial charge < -0.3 is 20.1 Å². The summed E-state index contributed by atoms with van der Waals surface area (Å²) in [6, 6.07) is 15.3. The molecule has 2 N–H and O–H groups in total. The van der Waals surface area contributed by atoms with E-state index in [9.17, 15) is 9.59 Å². The fraction of sp³-hybridized carbons (Fsp3) is 0.200. The molecule has 132 valence electrons. The van der Waals surface area contributed by atoms with Crippen molar-refractivity contribution < 1.29 is 9.47 Å². The van der Waals surface area contributed by atoms with Crippen LogP contribution in [0.2, 0.25) is 0 Å². The summed E-state index contributed by atoms with van der Waals surface area (Å²) in [5.74, 6) is 1.40. The van der Waals surface area contributed by atoms with Gasteiger partial charge in [0.25, 0.3) is 10.9 Å². The van der Waals surface area contributed by atoms with Gasteiger partial charge in [0.15, 0.2) is 11.5 Å². The first-order valence-corrected chi connectivity index (χ1v) is 8.40. The van der Waals surface area contributed by atoms with Crippen LogP contribution in [-0.2, 0) is 6.54 Å². The van der Waals surface area contributed by atoms with Crippen LogP contribution >= 0.6 is 0 Å². The van der Waals surface area contributed by atoms with Gasteiger partial charge in [-0.25, -0.2) is 0 Å². The van der Waals surface area contributed by atoms with E-state index in [2.05, 4.69) is 10.6 Å². The van der Waals surface area contributed by atoms with Gasteiger partial charge in [0, 0.05) is 12.6 Å². The van der Waals surface area contributed by atoms with Crippen molar-refractivity contribution in [1.82, 2.24) is 0 Å². The minimum Gasteiger partial charge on any atom is -0.454 e. The minimum atomic E-state index is -0.492. The van der Waals surface area contributed by atoms with Crippen LogP contribution in [0.4, 0.5) is 11.4 Å². The maximum absolute atomic E-state index is 12.0. The molecule has 6 heteroatoms. The molecule has 6 nitrogen and oxygen atoms in total. The van der Waals surface area contributed by atoms with Gasteiger partial charge in [-0.15, -0.1) is 0 Å². The number of hydrogen-bond acceptors (Lipinski definition) is 6. The summed E-state index contributed by atoms with van der Waals surface area (Å²) in [5, 5.41) is 6.21. The van der Waals surface area contributed by atoms with Crippen LogP contribution in [0.15, 0.2) is 58.1 Å². The summed E-state index contributed by atoms with van der Waals surface area (Å²) in [7, 11) is 0. The highest BCUT2D eigenvalue weighted by molar-refractivity contribution is 5.74. The molecule has 0 amide bonds. The molecule has 0 aliphatic carbocycles. The summed E-state index contributed by atoms with van der Waals surface area (Å²) in [4.78, 5) is 23.9. The van der Waals surface area contributed by atoms with E-state index < -0.39 is 10.9 Å². The molecule has 1 atom stereocenters. The Morgan fingerprint density at radius 2 is 1.69 bits per heavy atom. The zero-order valence-corrected chi connectivity index (χ0v) is 14.2. The van der Waals surface area contributed by atoms with Crippen molar-refractivity contribution in [3.8, 4) is 11.5 Å². The Labute approximate surface area is 150 Å². The van der Waals surface area contributed by atoms with Gasteiger partial charge in [0.05, 0.1) is 0 Å². The summed E-state index contributed by atoms with van der Waals surface area (Å²) in [5.41, 5.74) is 1.67. The Morgan fingerprint density at radius 3 is 2.50 bits per heavy atom. The molecule has 26 heavy (non-hydrogen) atoms. The maximum atomic E-state index is 12.0. The molecule has 0 saturated heterocycles. The second-order valence-corrected chi connectivity index (χ2v) is 6.23. The summed E-state index contributed by atoms with van der Waals surface area (Å²) in [6.07, 6.45) is 0. The van der Waals surface area contributed by atoms with E-state index in [1.807, 2.05) is 55.5 Å². The smallest absolute Gasteiger partial charge is 0.253 e. The normalized spacial score (nSPS) is 13.6. The van der Waals surface area contributed by atoms with E-state index in [1.54, 1.807) is 0 Å². The summed E-state index contributed by atoms with van der Waals surface area (Å²) < 4.78 is 10.6. The third-order valence-electron chi connectivity index (χ3n) is 4.48. The molecule has 0 saturated carbocycles. The van der Waals surface area contributed by atoms with Crippen LogP contribution in [0.1, 0.15) is 24.1 Å². The maximum Gasteiger partial charge on any atom is 0.253 e. The molecule has 1 aliphatic rings. The van der Waals surface area contributed by atoms with Gasteiger partial charge in [-0.3, -0.25) is 9.59 Å². The average Bonchev–Trinajstić information content (AvgIpc) is 3.15. The van der Waals surface area contributed by atoms with Crippen LogP contribution in [0.25, 0.3) is 0 Å². The van der Waals surface area contributed by atoms with Crippen LogP contribution < -0.4 is 31.0 Å². The Bertz CT molecular complexity index is 1010. The average molecular weight is 350 g/mol. The Morgan fingerprint density at radius 1 is 0.962 bits per heavy atom. The van der Waals surface area contributed by atoms with E-state index in [0.717, 1.165) is 11.1 Å². The van der Waals surface area contributed by atoms with E-state index in [4.69, 9.17) is 9.47 Å². The van der Waals surface area contributed by atoms with Gasteiger partial charge in [0.2, 0.25) is 6.79 Å². The minimum absolute atomic E-state index is 0.0782. The zero-order chi connectivity index (χ0) is 18.1. The molecule has 0 bridgehead atoms. The summed E-state index contributed by atoms with van der Waals surface area (Å²) in [6.45, 7) is 2.58. The van der Waals surface area contributed by atoms with Crippen LogP contribution in [-0.4, -0.2) is 6.79 Å². The molecule has 3 aromatic rings. The van der Waals surface area contributed by atoms with Crippen molar-refractivity contribution in [2.75, 3.05) is 17.4 Å². The second kappa shape index (κ2) is 6.55. The molecule has 0 fully saturated rings. The SMILES string of the molecule is C[C@@H](Nc1c(NCc2ccc3c(c2)OCO3)c(=O)c1=O)c1ccccc1. The van der Waals surface area contributed by atoms with Gasteiger partial charge in [-0.05, 0) is 30.2 Å². The Hall–Kier alpha value is -3.28. The first-order valence-electron chi connectivity index (χ1n) is 8.40. The molecule has 0 aromatic heterocycles. The number of anilines is 2. The molecule has 0 unspecified atom stereocenters. The molecule has 0 spiro atoms. The van der Waals surface area contributed by atoms with E-state index in [1.165, 1.54) is 0 Å². The van der Waals surface area contributed by atoms with Gasteiger partial charge >= 0.3 is 0 Å². The number of hydrogen-bond donors (Lipinski definition) is 2. The van der Waals surface area contributed by atoms with Crippen molar-refractivity contribution in [1.29, 1.82) is 0 Å². The molecule has 3 aromatic carbocycles. The van der Waals surface area contributed by atoms with Crippen molar-refractivity contribution in [2.45, 2.75) is 19.5 Å². The van der Waals surface area contributed by atoms with Crippen molar-refractivity contribution in [2.24, 2.45) is 0 Å². The van der Waals surface area contributed by atoms with Gasteiger partial charge in [-0.2, -0.15) is 0 Å². The molecular formula is C20H18N2O4. The quantitative estimate of drug-likeness (QED) is 0.666. The van der Waals surface area contributed by atoms with Crippen LogP contribution in [0.5, 0.6) is 11.5 Å². The van der Waals surface area contributed by atoms with Crippen LogP contribution in [0, 0.1) is 0 Å². The third kappa shape index (κ3) is 2.90. The van der Waals surface area contributed by atoms with E-state index >= 15 is 0 Å². The number of ether oxygens (including phenoxy) is 2. The number of rotatable bonds is 6. The lowest BCUT2D eigenvalue weighted by molar-refractivity contribution is 0.174. The number of benzene rings is 2. The third-order valence-corrected chi connectivity index (χ3v) is 4.48. The molecular weight excluding hydrogens is 332 g/mol. The molecule has 1 aliphatic heterocycles. The predicted molar refractivity (Wildman–Crippen MR) is 99.7 cm³/mol.